The van der Waals surface area contributed by atoms with E-state index >= 15 is 0 Å². The van der Waals surface area contributed by atoms with Crippen LogP contribution in [0.2, 0.25) is 0 Å². The van der Waals surface area contributed by atoms with Crippen molar-refractivity contribution in [1.29, 1.82) is 0 Å². The van der Waals surface area contributed by atoms with Gasteiger partial charge < -0.3 is 25.3 Å². The van der Waals surface area contributed by atoms with E-state index in [-0.39, 0.29) is 0 Å². The Bertz CT molecular complexity index is 691. The van der Waals surface area contributed by atoms with Crippen molar-refractivity contribution in [2.75, 3.05) is 71.4 Å². The van der Waals surface area contributed by atoms with Crippen LogP contribution in [0.5, 0.6) is 11.5 Å². The molecule has 1 saturated heterocycles. The number of rotatable bonds is 9. The Hall–Kier alpha value is -2.23. The second-order valence-electron chi connectivity index (χ2n) is 6.62. The number of aliphatic imine (C=N–C) groups is 1. The molecule has 0 saturated carbocycles. The van der Waals surface area contributed by atoms with Crippen molar-refractivity contribution in [3.63, 3.8) is 0 Å². The van der Waals surface area contributed by atoms with Gasteiger partial charge in [0.15, 0.2) is 11.5 Å². The summed E-state index contributed by atoms with van der Waals surface area (Å²) in [5.74, 6) is 1.30. The van der Waals surface area contributed by atoms with Gasteiger partial charge in [-0.3, -0.25) is 14.7 Å². The number of methoxy groups -OCH3 is 1. The fourth-order valence-electron chi connectivity index (χ4n) is 2.71. The Morgan fingerprint density at radius 2 is 1.72 bits per heavy atom. The fraction of sp³-hybridized carbons (Fsp3) is 0.630. The molecule has 0 aromatic heterocycles. The molecule has 0 unspecified atom stereocenters. The van der Waals surface area contributed by atoms with Gasteiger partial charge in [-0.05, 0) is 44.9 Å². The van der Waals surface area contributed by atoms with E-state index in [1.165, 1.54) is 7.11 Å². The summed E-state index contributed by atoms with van der Waals surface area (Å²) in [4.78, 5) is 17.3. The van der Waals surface area contributed by atoms with E-state index < -0.39 is 0 Å². The van der Waals surface area contributed by atoms with Crippen molar-refractivity contribution in [1.82, 2.24) is 4.90 Å². The Labute approximate surface area is 225 Å². The summed E-state index contributed by atoms with van der Waals surface area (Å²) in [7, 11) is 3.11. The molecule has 1 amide bonds. The molecule has 9 heteroatoms. The largest absolute Gasteiger partial charge is 0.491 e. The normalized spacial score (nSPS) is 12.8. The number of carbonyl (C=O) groups is 1. The van der Waals surface area contributed by atoms with E-state index in [1.54, 1.807) is 30.9 Å². The molecule has 0 bridgehead atoms. The number of benzene rings is 1. The van der Waals surface area contributed by atoms with Crippen LogP contribution >= 0.6 is 11.8 Å². The minimum absolute atomic E-state index is 0.307. The smallest absolute Gasteiger partial charge is 0.211 e. The number of allylic oxidation sites excluding steroid dienone is 2. The predicted molar refractivity (Wildman–Crippen MR) is 159 cm³/mol. The molecule has 1 aromatic carbocycles. The number of thioether (sulfide) groups is 1. The van der Waals surface area contributed by atoms with E-state index in [9.17, 15) is 4.79 Å². The maximum Gasteiger partial charge on any atom is 0.211 e. The van der Waals surface area contributed by atoms with E-state index in [1.807, 2.05) is 66.2 Å². The number of nitrogens with one attached hydrogen (secondary N) is 1. The molecule has 3 N–H and O–H groups in total. The number of nitrogens with zero attached hydrogens (tertiary/aromatic N) is 2. The number of amides is 1. The molecule has 1 fully saturated rings. The molecule has 1 heterocycles. The number of amidine groups is 1. The number of nitrogens with two attached hydrogens (primary N) is 1. The average molecular weight is 529 g/mol. The predicted octanol–water partition coefficient (Wildman–Crippen LogP) is 5.31. The number of hydrogen-bond donors (Lipinski definition) is 2. The second kappa shape index (κ2) is 29.0. The molecule has 0 atom stereocenters. The highest BCUT2D eigenvalue weighted by Gasteiger charge is 2.17. The number of morpholine rings is 1. The van der Waals surface area contributed by atoms with Crippen molar-refractivity contribution < 1.29 is 19.0 Å². The highest BCUT2D eigenvalue weighted by atomic mass is 32.2. The molecule has 0 radical (unpaired) electrons. The zero-order valence-corrected chi connectivity index (χ0v) is 25.2. The topological polar surface area (TPSA) is 98.4 Å². The summed E-state index contributed by atoms with van der Waals surface area (Å²) in [6, 6.07) is 3.53. The maximum atomic E-state index is 10.9. The van der Waals surface area contributed by atoms with Crippen LogP contribution in [0.15, 0.2) is 29.3 Å². The number of ether oxygens (including phenoxy) is 3. The zero-order chi connectivity index (χ0) is 28.2. The lowest BCUT2D eigenvalue weighted by Gasteiger charge is -2.26. The lowest BCUT2D eigenvalue weighted by molar-refractivity contribution is -0.105. The van der Waals surface area contributed by atoms with Crippen molar-refractivity contribution in [3.05, 3.63) is 29.8 Å². The fourth-order valence-corrected chi connectivity index (χ4v) is 2.71. The third-order valence-electron chi connectivity index (χ3n) is 4.36. The standard InChI is InChI=1S/C17H26N4O4.C4H8.C2H6S.2C2H6/c1-19-17(18)13-4-5-14(16(23-2)15(13)20-12-22)25-9-3-6-21-7-10-24-11-8-21;1-3-4-2;1-3-2;2*1-2/h4-5,12H,3,6-11H2,1-2H3,(H2,18,19)(H,20,22);3-4H,1-2H3;1-2H3;2*1-2H3. The lowest BCUT2D eigenvalue weighted by Crippen LogP contribution is -2.37. The summed E-state index contributed by atoms with van der Waals surface area (Å²) in [6.07, 6.45) is 9.55. The van der Waals surface area contributed by atoms with Crippen LogP contribution in [0.1, 0.15) is 53.5 Å². The van der Waals surface area contributed by atoms with Crippen LogP contribution < -0.4 is 20.5 Å². The first-order chi connectivity index (χ1) is 17.5. The van der Waals surface area contributed by atoms with Crippen molar-refractivity contribution in [2.24, 2.45) is 10.7 Å². The van der Waals surface area contributed by atoms with Crippen molar-refractivity contribution >= 4 is 29.7 Å². The first-order valence-corrected chi connectivity index (χ1v) is 14.2. The molecule has 1 aliphatic rings. The van der Waals surface area contributed by atoms with E-state index in [4.69, 9.17) is 19.9 Å². The molecule has 2 rings (SSSR count). The van der Waals surface area contributed by atoms with Gasteiger partial charge in [0.25, 0.3) is 0 Å². The van der Waals surface area contributed by atoms with Crippen LogP contribution in [-0.2, 0) is 9.53 Å². The SMILES string of the molecule is CC.CC.CC=CC.CN=C(N)c1ccc(OCCCN2CCOCC2)c(OC)c1NC=O.CSC. The molecule has 0 spiro atoms. The van der Waals surface area contributed by atoms with Crippen LogP contribution in [0, 0.1) is 0 Å². The van der Waals surface area contributed by atoms with E-state index in [2.05, 4.69) is 15.2 Å². The van der Waals surface area contributed by atoms with Gasteiger partial charge in [-0.15, -0.1) is 0 Å². The van der Waals surface area contributed by atoms with Crippen LogP contribution in [-0.4, -0.2) is 83.3 Å². The van der Waals surface area contributed by atoms with Crippen molar-refractivity contribution in [3.8, 4) is 11.5 Å². The first kappa shape index (κ1) is 38.3. The zero-order valence-electron chi connectivity index (χ0n) is 24.3. The van der Waals surface area contributed by atoms with Crippen LogP contribution in [0.4, 0.5) is 5.69 Å². The highest BCUT2D eigenvalue weighted by molar-refractivity contribution is 7.97. The van der Waals surface area contributed by atoms with Gasteiger partial charge in [0.05, 0.1) is 32.6 Å². The van der Waals surface area contributed by atoms with Crippen molar-refractivity contribution in [2.45, 2.75) is 48.0 Å². The maximum absolute atomic E-state index is 10.9. The molecule has 36 heavy (non-hydrogen) atoms. The van der Waals surface area contributed by atoms with Crippen LogP contribution in [0.25, 0.3) is 0 Å². The quantitative estimate of drug-likeness (QED) is 0.147. The molecule has 210 valence electrons. The molecular formula is C27H52N4O4S. The van der Waals surface area contributed by atoms with Crippen LogP contribution in [0.3, 0.4) is 0 Å². The van der Waals surface area contributed by atoms with E-state index in [0.29, 0.717) is 41.6 Å². The average Bonchev–Trinajstić information content (AvgIpc) is 2.94. The Morgan fingerprint density at radius 1 is 1.17 bits per heavy atom. The minimum atomic E-state index is 0.307. The van der Waals surface area contributed by atoms with Gasteiger partial charge in [0, 0.05) is 32.2 Å². The first-order valence-electron chi connectivity index (χ1n) is 12.6. The summed E-state index contributed by atoms with van der Waals surface area (Å²) in [5, 5.41) is 2.62. The molecule has 1 aliphatic heterocycles. The monoisotopic (exact) mass is 528 g/mol. The van der Waals surface area contributed by atoms with Gasteiger partial charge in [0.1, 0.15) is 5.84 Å². The highest BCUT2D eigenvalue weighted by Crippen LogP contribution is 2.38. The summed E-state index contributed by atoms with van der Waals surface area (Å²) in [5.41, 5.74) is 6.93. The molecule has 8 nitrogen and oxygen atoms in total. The molecular weight excluding hydrogens is 476 g/mol. The third kappa shape index (κ3) is 17.2. The number of carbonyl (C=O) groups excluding carboxylic acids is 1. The Kier molecular flexibility index (Phi) is 30.9. The van der Waals surface area contributed by atoms with Gasteiger partial charge in [-0.25, -0.2) is 0 Å². The van der Waals surface area contributed by atoms with E-state index in [0.717, 1.165) is 39.3 Å². The third-order valence-corrected chi connectivity index (χ3v) is 4.36. The number of anilines is 1. The Morgan fingerprint density at radius 3 is 2.17 bits per heavy atom. The molecule has 0 aliphatic carbocycles. The van der Waals surface area contributed by atoms with Gasteiger partial charge >= 0.3 is 0 Å². The van der Waals surface area contributed by atoms with Gasteiger partial charge in [0.2, 0.25) is 6.41 Å². The number of hydrogen-bond acceptors (Lipinski definition) is 7. The summed E-state index contributed by atoms with van der Waals surface area (Å²) >= 11 is 1.75. The lowest BCUT2D eigenvalue weighted by atomic mass is 10.1. The van der Waals surface area contributed by atoms with Gasteiger partial charge in [-0.2, -0.15) is 11.8 Å². The summed E-state index contributed by atoms with van der Waals surface area (Å²) in [6.45, 7) is 17.0. The Balaban J connectivity index is -0.000000850. The molecule has 1 aromatic rings. The minimum Gasteiger partial charge on any atom is -0.491 e. The summed E-state index contributed by atoms with van der Waals surface area (Å²) < 4.78 is 16.6. The van der Waals surface area contributed by atoms with Gasteiger partial charge in [-0.1, -0.05) is 39.8 Å². The second-order valence-corrected chi connectivity index (χ2v) is 7.44.